The molecular weight excluding hydrogens is 279 g/mol. The quantitative estimate of drug-likeness (QED) is 0.813. The van der Waals surface area contributed by atoms with Crippen LogP contribution in [-0.2, 0) is 16.6 Å². The van der Waals surface area contributed by atoms with Crippen molar-refractivity contribution in [3.8, 4) is 0 Å². The maximum atomic E-state index is 13.5. The Morgan fingerprint density at radius 3 is 2.50 bits per heavy atom. The monoisotopic (exact) mass is 302 g/mol. The molecule has 0 heterocycles. The summed E-state index contributed by atoms with van der Waals surface area (Å²) < 4.78 is 40.9. The van der Waals surface area contributed by atoms with Gasteiger partial charge in [-0.1, -0.05) is 13.3 Å². The fraction of sp³-hybridized carbons (Fsp3) is 0.571. The molecule has 0 spiro atoms. The van der Waals surface area contributed by atoms with Gasteiger partial charge in [0.2, 0.25) is 10.0 Å². The summed E-state index contributed by atoms with van der Waals surface area (Å²) in [6.07, 6.45) is 1.61. The van der Waals surface area contributed by atoms with Crippen molar-refractivity contribution in [1.29, 1.82) is 0 Å². The van der Waals surface area contributed by atoms with Gasteiger partial charge in [0.25, 0.3) is 0 Å². The fourth-order valence-electron chi connectivity index (χ4n) is 2.14. The van der Waals surface area contributed by atoms with Crippen molar-refractivity contribution < 1.29 is 12.8 Å². The number of benzene rings is 1. The van der Waals surface area contributed by atoms with Crippen molar-refractivity contribution >= 4 is 10.0 Å². The largest absolute Gasteiger partial charge is 0.316 e. The van der Waals surface area contributed by atoms with Gasteiger partial charge in [-0.05, 0) is 45.5 Å². The van der Waals surface area contributed by atoms with Crippen LogP contribution in [0.4, 0.5) is 4.39 Å². The van der Waals surface area contributed by atoms with Crippen molar-refractivity contribution in [2.45, 2.75) is 50.6 Å². The third kappa shape index (κ3) is 4.54. The molecule has 114 valence electrons. The molecular formula is C14H23FN2O2S. The van der Waals surface area contributed by atoms with Crippen molar-refractivity contribution in [2.24, 2.45) is 0 Å². The van der Waals surface area contributed by atoms with E-state index < -0.39 is 21.4 Å². The highest BCUT2D eigenvalue weighted by Crippen LogP contribution is 2.19. The molecule has 0 fully saturated rings. The SMILES string of the molecule is CCCC(C)(C)NS(=O)(=O)c1ccc(F)c(CNC)c1. The van der Waals surface area contributed by atoms with Crippen molar-refractivity contribution in [3.63, 3.8) is 0 Å². The third-order valence-corrected chi connectivity index (χ3v) is 4.68. The van der Waals surface area contributed by atoms with E-state index in [9.17, 15) is 12.8 Å². The molecule has 0 aliphatic rings. The number of sulfonamides is 1. The topological polar surface area (TPSA) is 58.2 Å². The molecule has 0 saturated heterocycles. The molecule has 20 heavy (non-hydrogen) atoms. The van der Waals surface area contributed by atoms with E-state index in [1.165, 1.54) is 18.2 Å². The molecule has 6 heteroatoms. The van der Waals surface area contributed by atoms with Crippen LogP contribution in [0.25, 0.3) is 0 Å². The van der Waals surface area contributed by atoms with Gasteiger partial charge in [0, 0.05) is 17.6 Å². The van der Waals surface area contributed by atoms with E-state index in [1.54, 1.807) is 7.05 Å². The molecule has 1 aromatic carbocycles. The molecule has 0 unspecified atom stereocenters. The van der Waals surface area contributed by atoms with Crippen LogP contribution in [0.5, 0.6) is 0 Å². The number of nitrogens with one attached hydrogen (secondary N) is 2. The summed E-state index contributed by atoms with van der Waals surface area (Å²) >= 11 is 0. The molecule has 0 amide bonds. The van der Waals surface area contributed by atoms with E-state index in [-0.39, 0.29) is 11.4 Å². The predicted octanol–water partition coefficient (Wildman–Crippen LogP) is 2.40. The summed E-state index contributed by atoms with van der Waals surface area (Å²) in [5.41, 5.74) is -0.186. The maximum absolute atomic E-state index is 13.5. The Hall–Kier alpha value is -0.980. The number of halogens is 1. The highest BCUT2D eigenvalue weighted by atomic mass is 32.2. The lowest BCUT2D eigenvalue weighted by molar-refractivity contribution is 0.417. The van der Waals surface area contributed by atoms with Crippen molar-refractivity contribution in [1.82, 2.24) is 10.0 Å². The van der Waals surface area contributed by atoms with Crippen LogP contribution in [0.2, 0.25) is 0 Å². The number of hydrogen-bond donors (Lipinski definition) is 2. The Labute approximate surface area is 120 Å². The molecule has 4 nitrogen and oxygen atoms in total. The zero-order valence-electron chi connectivity index (χ0n) is 12.5. The predicted molar refractivity (Wildman–Crippen MR) is 78.5 cm³/mol. The van der Waals surface area contributed by atoms with Gasteiger partial charge < -0.3 is 5.32 Å². The van der Waals surface area contributed by atoms with Gasteiger partial charge in [0.15, 0.2) is 0 Å². The average Bonchev–Trinajstić information content (AvgIpc) is 2.30. The highest BCUT2D eigenvalue weighted by Gasteiger charge is 2.25. The third-order valence-electron chi connectivity index (χ3n) is 2.98. The second-order valence-electron chi connectivity index (χ2n) is 5.52. The average molecular weight is 302 g/mol. The smallest absolute Gasteiger partial charge is 0.241 e. The first-order valence-electron chi connectivity index (χ1n) is 6.69. The van der Waals surface area contributed by atoms with Crippen molar-refractivity contribution in [2.75, 3.05) is 7.05 Å². The molecule has 0 atom stereocenters. The Morgan fingerprint density at radius 2 is 1.95 bits per heavy atom. The van der Waals surface area contributed by atoms with Crippen LogP contribution in [-0.4, -0.2) is 21.0 Å². The van der Waals surface area contributed by atoms with Crippen LogP contribution >= 0.6 is 0 Å². The van der Waals surface area contributed by atoms with E-state index in [1.807, 2.05) is 20.8 Å². The van der Waals surface area contributed by atoms with Gasteiger partial charge in [-0.15, -0.1) is 0 Å². The first-order valence-corrected chi connectivity index (χ1v) is 8.17. The molecule has 0 radical (unpaired) electrons. The van der Waals surface area contributed by atoms with Gasteiger partial charge in [-0.2, -0.15) is 0 Å². The minimum absolute atomic E-state index is 0.0910. The van der Waals surface area contributed by atoms with Crippen LogP contribution in [0.15, 0.2) is 23.1 Å². The lowest BCUT2D eigenvalue weighted by Crippen LogP contribution is -2.43. The van der Waals surface area contributed by atoms with E-state index >= 15 is 0 Å². The summed E-state index contributed by atoms with van der Waals surface area (Å²) in [7, 11) is -1.96. The molecule has 0 aliphatic heterocycles. The Bertz CT molecular complexity index is 556. The molecule has 0 bridgehead atoms. The molecule has 1 rings (SSSR count). The summed E-state index contributed by atoms with van der Waals surface area (Å²) in [6, 6.07) is 3.85. The molecule has 0 aromatic heterocycles. The van der Waals surface area contributed by atoms with Gasteiger partial charge in [-0.3, -0.25) is 0 Å². The number of rotatable bonds is 7. The summed E-state index contributed by atoms with van der Waals surface area (Å²) in [5, 5.41) is 2.82. The lowest BCUT2D eigenvalue weighted by Gasteiger charge is -2.25. The van der Waals surface area contributed by atoms with Gasteiger partial charge >= 0.3 is 0 Å². The lowest BCUT2D eigenvalue weighted by atomic mass is 10.0. The summed E-state index contributed by atoms with van der Waals surface area (Å²) in [5.74, 6) is -0.411. The van der Waals surface area contributed by atoms with E-state index in [2.05, 4.69) is 10.0 Å². The maximum Gasteiger partial charge on any atom is 0.241 e. The van der Waals surface area contributed by atoms with E-state index in [0.29, 0.717) is 5.56 Å². The second-order valence-corrected chi connectivity index (χ2v) is 7.21. The van der Waals surface area contributed by atoms with E-state index in [4.69, 9.17) is 0 Å². The van der Waals surface area contributed by atoms with Gasteiger partial charge in [0.1, 0.15) is 5.82 Å². The summed E-state index contributed by atoms with van der Waals surface area (Å²) in [6.45, 7) is 5.96. The normalized spacial score (nSPS) is 12.7. The van der Waals surface area contributed by atoms with Crippen LogP contribution in [0.1, 0.15) is 39.2 Å². The molecule has 0 saturated carbocycles. The molecule has 1 aromatic rings. The number of hydrogen-bond acceptors (Lipinski definition) is 3. The van der Waals surface area contributed by atoms with Gasteiger partial charge in [-0.25, -0.2) is 17.5 Å². The van der Waals surface area contributed by atoms with Crippen LogP contribution in [0.3, 0.4) is 0 Å². The minimum atomic E-state index is -3.64. The minimum Gasteiger partial charge on any atom is -0.316 e. The highest BCUT2D eigenvalue weighted by molar-refractivity contribution is 7.89. The summed E-state index contributed by atoms with van der Waals surface area (Å²) in [4.78, 5) is 0.0910. The second kappa shape index (κ2) is 6.65. The van der Waals surface area contributed by atoms with E-state index in [0.717, 1.165) is 12.8 Å². The molecule has 2 N–H and O–H groups in total. The fourth-order valence-corrected chi connectivity index (χ4v) is 3.63. The first-order chi connectivity index (χ1) is 9.22. The standard InChI is InChI=1S/C14H23FN2O2S/c1-5-8-14(2,3)17-20(18,19)12-6-7-13(15)11(9-12)10-16-4/h6-7,9,16-17H,5,8,10H2,1-4H3. The Balaban J connectivity index is 3.07. The first kappa shape index (κ1) is 17.1. The zero-order chi connectivity index (χ0) is 15.4. The van der Waals surface area contributed by atoms with Gasteiger partial charge in [0.05, 0.1) is 4.90 Å². The molecule has 0 aliphatic carbocycles. The van der Waals surface area contributed by atoms with Crippen LogP contribution < -0.4 is 10.0 Å². The van der Waals surface area contributed by atoms with Crippen LogP contribution in [0, 0.1) is 5.82 Å². The Kier molecular flexibility index (Phi) is 5.68. The Morgan fingerprint density at radius 1 is 1.30 bits per heavy atom. The van der Waals surface area contributed by atoms with Crippen molar-refractivity contribution in [3.05, 3.63) is 29.6 Å². The zero-order valence-corrected chi connectivity index (χ0v) is 13.3.